The van der Waals surface area contributed by atoms with E-state index in [1.54, 1.807) is 42.5 Å². The second-order valence-electron chi connectivity index (χ2n) is 10.6. The minimum Gasteiger partial charge on any atom is -0.352 e. The second kappa shape index (κ2) is 15.6. The number of hydrogen-bond acceptors (Lipinski definition) is 4. The fraction of sp³-hybridized carbons (Fsp3) is 0.235. The van der Waals surface area contributed by atoms with Crippen molar-refractivity contribution >= 4 is 62.3 Å². The predicted molar refractivity (Wildman–Crippen MR) is 181 cm³/mol. The number of rotatable bonds is 13. The van der Waals surface area contributed by atoms with Gasteiger partial charge in [0.15, 0.2) is 0 Å². The zero-order valence-electron chi connectivity index (χ0n) is 24.9. The number of hydrogen-bond donors (Lipinski definition) is 1. The van der Waals surface area contributed by atoms with Crippen LogP contribution in [0.15, 0.2) is 108 Å². The normalized spacial score (nSPS) is 12.6. The summed E-state index contributed by atoms with van der Waals surface area (Å²) in [6, 6.07) is 27.4. The van der Waals surface area contributed by atoms with Gasteiger partial charge in [0.2, 0.25) is 11.8 Å². The summed E-state index contributed by atoms with van der Waals surface area (Å²) < 4.78 is 29.1. The molecule has 0 radical (unpaired) electrons. The molecule has 236 valence electrons. The molecule has 4 aromatic rings. The summed E-state index contributed by atoms with van der Waals surface area (Å²) in [5.41, 5.74) is 1.66. The van der Waals surface area contributed by atoms with Gasteiger partial charge in [-0.2, -0.15) is 0 Å². The standard InChI is InChI=1S/C34H34Cl3N3O4S/c1-3-24(2)38-34(42)32(20-25-11-6-4-7-12-25)39(22-26-13-10-14-27(35)19-26)33(41)23-40(28-17-18-30(36)31(37)21-28)45(43,44)29-15-8-5-9-16-29/h4-19,21,24,32H,3,20,22-23H2,1-2H3,(H,38,42)/t24-,32+/m0/s1. The molecule has 0 aliphatic carbocycles. The predicted octanol–water partition coefficient (Wildman–Crippen LogP) is 7.40. The van der Waals surface area contributed by atoms with Crippen LogP contribution in [0.5, 0.6) is 0 Å². The molecule has 0 aliphatic heterocycles. The van der Waals surface area contributed by atoms with Crippen LogP contribution in [0.2, 0.25) is 15.1 Å². The Morgan fingerprint density at radius 2 is 1.44 bits per heavy atom. The van der Waals surface area contributed by atoms with Crippen LogP contribution in [0.25, 0.3) is 0 Å². The summed E-state index contributed by atoms with van der Waals surface area (Å²) in [4.78, 5) is 29.8. The lowest BCUT2D eigenvalue weighted by atomic mass is 10.0. The summed E-state index contributed by atoms with van der Waals surface area (Å²) in [6.07, 6.45) is 0.889. The molecule has 0 spiro atoms. The van der Waals surface area contributed by atoms with Gasteiger partial charge in [-0.05, 0) is 66.9 Å². The minimum atomic E-state index is -4.26. The first-order chi connectivity index (χ1) is 21.5. The number of benzene rings is 4. The molecule has 0 saturated heterocycles. The number of amides is 2. The van der Waals surface area contributed by atoms with Gasteiger partial charge in [-0.1, -0.05) is 102 Å². The molecule has 0 fully saturated rings. The minimum absolute atomic E-state index is 0.00538. The Morgan fingerprint density at radius 1 is 0.800 bits per heavy atom. The summed E-state index contributed by atoms with van der Waals surface area (Å²) in [6.45, 7) is 3.23. The molecule has 2 atom stereocenters. The van der Waals surface area contributed by atoms with Crippen molar-refractivity contribution in [2.75, 3.05) is 10.8 Å². The van der Waals surface area contributed by atoms with Crippen molar-refractivity contribution in [2.45, 2.75) is 50.2 Å². The van der Waals surface area contributed by atoms with Crippen LogP contribution in [0, 0.1) is 0 Å². The smallest absolute Gasteiger partial charge is 0.264 e. The molecule has 11 heteroatoms. The molecule has 4 rings (SSSR count). The highest BCUT2D eigenvalue weighted by atomic mass is 35.5. The average Bonchev–Trinajstić information content (AvgIpc) is 3.03. The number of nitrogens with one attached hydrogen (secondary N) is 1. The topological polar surface area (TPSA) is 86.8 Å². The Balaban J connectivity index is 1.82. The second-order valence-corrected chi connectivity index (χ2v) is 13.7. The van der Waals surface area contributed by atoms with Crippen molar-refractivity contribution in [1.29, 1.82) is 0 Å². The molecule has 1 N–H and O–H groups in total. The van der Waals surface area contributed by atoms with Crippen molar-refractivity contribution in [2.24, 2.45) is 0 Å². The average molecular weight is 687 g/mol. The van der Waals surface area contributed by atoms with Gasteiger partial charge in [-0.15, -0.1) is 0 Å². The number of carbonyl (C=O) groups is 2. The van der Waals surface area contributed by atoms with Gasteiger partial charge in [0, 0.05) is 24.0 Å². The lowest BCUT2D eigenvalue weighted by Crippen LogP contribution is -2.54. The SMILES string of the molecule is CC[C@H](C)NC(=O)[C@@H](Cc1ccccc1)N(Cc1cccc(Cl)c1)C(=O)CN(c1ccc(Cl)c(Cl)c1)S(=O)(=O)c1ccccc1. The Hall–Kier alpha value is -3.56. The van der Waals surface area contributed by atoms with Crippen molar-refractivity contribution < 1.29 is 18.0 Å². The van der Waals surface area contributed by atoms with E-state index < -0.39 is 28.5 Å². The van der Waals surface area contributed by atoms with Gasteiger partial charge in [0.25, 0.3) is 10.0 Å². The first-order valence-electron chi connectivity index (χ1n) is 14.4. The number of sulfonamides is 1. The fourth-order valence-electron chi connectivity index (χ4n) is 4.72. The van der Waals surface area contributed by atoms with Crippen LogP contribution in [0.1, 0.15) is 31.4 Å². The Kier molecular flexibility index (Phi) is 11.9. The molecule has 2 amide bonds. The van der Waals surface area contributed by atoms with E-state index in [9.17, 15) is 18.0 Å². The number of carbonyl (C=O) groups excluding carboxylic acids is 2. The van der Waals surface area contributed by atoms with E-state index in [4.69, 9.17) is 34.8 Å². The maximum Gasteiger partial charge on any atom is 0.264 e. The van der Waals surface area contributed by atoms with Crippen LogP contribution >= 0.6 is 34.8 Å². The van der Waals surface area contributed by atoms with Gasteiger partial charge >= 0.3 is 0 Å². The summed E-state index contributed by atoms with van der Waals surface area (Å²) >= 11 is 18.8. The zero-order valence-corrected chi connectivity index (χ0v) is 28.0. The highest BCUT2D eigenvalue weighted by Gasteiger charge is 2.35. The molecule has 7 nitrogen and oxygen atoms in total. The molecule has 0 heterocycles. The van der Waals surface area contributed by atoms with E-state index in [0.29, 0.717) is 17.0 Å². The Labute approximate surface area is 279 Å². The molecule has 0 aromatic heterocycles. The van der Waals surface area contributed by atoms with Crippen LogP contribution in [0.4, 0.5) is 5.69 Å². The van der Waals surface area contributed by atoms with E-state index in [-0.39, 0.29) is 45.5 Å². The van der Waals surface area contributed by atoms with Crippen LogP contribution in [-0.4, -0.2) is 43.8 Å². The summed E-state index contributed by atoms with van der Waals surface area (Å²) in [5.74, 6) is -0.948. The van der Waals surface area contributed by atoms with Gasteiger partial charge in [-0.3, -0.25) is 13.9 Å². The van der Waals surface area contributed by atoms with Crippen LogP contribution < -0.4 is 9.62 Å². The highest BCUT2D eigenvalue weighted by molar-refractivity contribution is 7.92. The van der Waals surface area contributed by atoms with Crippen LogP contribution in [-0.2, 0) is 32.6 Å². The first-order valence-corrected chi connectivity index (χ1v) is 17.0. The Bertz CT molecular complexity index is 1720. The third-order valence-electron chi connectivity index (χ3n) is 7.32. The number of anilines is 1. The largest absolute Gasteiger partial charge is 0.352 e. The quantitative estimate of drug-likeness (QED) is 0.159. The molecule has 0 saturated carbocycles. The highest BCUT2D eigenvalue weighted by Crippen LogP contribution is 2.31. The van der Waals surface area contributed by atoms with E-state index >= 15 is 0 Å². The third kappa shape index (κ3) is 9.01. The molecule has 0 aliphatic rings. The summed E-state index contributed by atoms with van der Waals surface area (Å²) in [7, 11) is -4.26. The first kappa shape index (κ1) is 34.3. The summed E-state index contributed by atoms with van der Waals surface area (Å²) in [5, 5.41) is 3.84. The number of nitrogens with zero attached hydrogens (tertiary/aromatic N) is 2. The maximum absolute atomic E-state index is 14.5. The van der Waals surface area contributed by atoms with Crippen molar-refractivity contribution in [3.8, 4) is 0 Å². The molecule has 45 heavy (non-hydrogen) atoms. The van der Waals surface area contributed by atoms with E-state index in [2.05, 4.69) is 5.32 Å². The lowest BCUT2D eigenvalue weighted by Gasteiger charge is -2.34. The molecular formula is C34H34Cl3N3O4S. The molecule has 4 aromatic carbocycles. The van der Waals surface area contributed by atoms with E-state index in [0.717, 1.165) is 9.87 Å². The molecule has 0 unspecified atom stereocenters. The van der Waals surface area contributed by atoms with Crippen molar-refractivity contribution in [3.05, 3.63) is 129 Å². The maximum atomic E-state index is 14.5. The van der Waals surface area contributed by atoms with Gasteiger partial charge < -0.3 is 10.2 Å². The lowest BCUT2D eigenvalue weighted by molar-refractivity contribution is -0.140. The fourth-order valence-corrected chi connectivity index (χ4v) is 6.65. The Morgan fingerprint density at radius 3 is 2.07 bits per heavy atom. The van der Waals surface area contributed by atoms with Crippen molar-refractivity contribution in [3.63, 3.8) is 0 Å². The number of halogens is 3. The monoisotopic (exact) mass is 685 g/mol. The van der Waals surface area contributed by atoms with E-state index in [1.165, 1.54) is 35.2 Å². The molecule has 0 bridgehead atoms. The van der Waals surface area contributed by atoms with Crippen molar-refractivity contribution in [1.82, 2.24) is 10.2 Å². The van der Waals surface area contributed by atoms with Gasteiger partial charge in [0.05, 0.1) is 20.6 Å². The molecular weight excluding hydrogens is 653 g/mol. The van der Waals surface area contributed by atoms with Crippen LogP contribution in [0.3, 0.4) is 0 Å². The van der Waals surface area contributed by atoms with Gasteiger partial charge in [-0.25, -0.2) is 8.42 Å². The van der Waals surface area contributed by atoms with E-state index in [1.807, 2.05) is 44.2 Å². The van der Waals surface area contributed by atoms with Gasteiger partial charge in [0.1, 0.15) is 12.6 Å². The zero-order chi connectivity index (χ0) is 32.6. The third-order valence-corrected chi connectivity index (χ3v) is 10.1.